The van der Waals surface area contributed by atoms with Crippen molar-refractivity contribution in [3.63, 3.8) is 0 Å². The molecule has 2 aromatic heterocycles. The van der Waals surface area contributed by atoms with Crippen molar-refractivity contribution in [1.29, 1.82) is 0 Å². The third kappa shape index (κ3) is 3.42. The molecular weight excluding hydrogens is 410 g/mol. The quantitative estimate of drug-likeness (QED) is 0.572. The zero-order chi connectivity index (χ0) is 22.6. The molecule has 0 bridgehead atoms. The number of nitrogens with zero attached hydrogens (tertiary/aromatic N) is 4. The van der Waals surface area contributed by atoms with Crippen LogP contribution >= 0.6 is 0 Å². The highest BCUT2D eigenvalue weighted by molar-refractivity contribution is 5.94. The van der Waals surface area contributed by atoms with Gasteiger partial charge in [0.15, 0.2) is 6.23 Å². The van der Waals surface area contributed by atoms with Gasteiger partial charge >= 0.3 is 0 Å². The lowest BCUT2D eigenvalue weighted by Gasteiger charge is -2.31. The Bertz CT molecular complexity index is 1200. The van der Waals surface area contributed by atoms with E-state index in [-0.39, 0.29) is 0 Å². The van der Waals surface area contributed by atoms with Crippen molar-refractivity contribution in [3.05, 3.63) is 42.4 Å². The van der Waals surface area contributed by atoms with E-state index in [1.807, 2.05) is 39.0 Å². The molecule has 4 N–H and O–H groups in total. The van der Waals surface area contributed by atoms with Crippen LogP contribution in [0.15, 0.2) is 41.8 Å². The smallest absolute Gasteiger partial charge is 0.164 e. The van der Waals surface area contributed by atoms with Crippen LogP contribution in [0.1, 0.15) is 39.0 Å². The van der Waals surface area contributed by atoms with Crippen molar-refractivity contribution in [3.8, 4) is 5.75 Å². The van der Waals surface area contributed by atoms with Gasteiger partial charge in [-0.2, -0.15) is 0 Å². The van der Waals surface area contributed by atoms with Crippen LogP contribution in [0.3, 0.4) is 0 Å². The van der Waals surface area contributed by atoms with Crippen molar-refractivity contribution in [2.45, 2.75) is 63.8 Å². The second-order valence-electron chi connectivity index (χ2n) is 8.92. The second kappa shape index (κ2) is 7.54. The largest absolute Gasteiger partial charge is 0.480 e. The molecule has 168 valence electrons. The molecule has 1 aromatic carbocycles. The summed E-state index contributed by atoms with van der Waals surface area (Å²) in [4.78, 5) is 12.9. The fourth-order valence-corrected chi connectivity index (χ4v) is 4.26. The average molecular weight is 438 g/mol. The first-order valence-corrected chi connectivity index (χ1v) is 10.7. The van der Waals surface area contributed by atoms with Gasteiger partial charge in [-0.1, -0.05) is 6.07 Å². The van der Waals surface area contributed by atoms with Crippen LogP contribution < -0.4 is 10.5 Å². The summed E-state index contributed by atoms with van der Waals surface area (Å²) < 4.78 is 13.8. The molecule has 0 spiro atoms. The Hall–Kier alpha value is -3.01. The molecule has 1 fully saturated rings. The summed E-state index contributed by atoms with van der Waals surface area (Å²) in [5.41, 5.74) is 8.83. The van der Waals surface area contributed by atoms with Crippen LogP contribution in [0.2, 0.25) is 0 Å². The van der Waals surface area contributed by atoms with Gasteiger partial charge < -0.3 is 30.0 Å². The van der Waals surface area contributed by atoms with E-state index >= 15 is 0 Å². The Balaban J connectivity index is 1.31. The van der Waals surface area contributed by atoms with E-state index in [1.165, 1.54) is 6.33 Å². The molecule has 3 aromatic rings. The van der Waals surface area contributed by atoms with Gasteiger partial charge in [0.2, 0.25) is 0 Å². The number of anilines is 1. The number of aromatic nitrogens is 3. The topological polar surface area (TPSA) is 128 Å². The van der Waals surface area contributed by atoms with E-state index in [0.717, 1.165) is 22.7 Å². The van der Waals surface area contributed by atoms with Crippen LogP contribution in [-0.2, 0) is 11.2 Å². The lowest BCUT2D eigenvalue weighted by Crippen LogP contribution is -2.38. The summed E-state index contributed by atoms with van der Waals surface area (Å²) in [6, 6.07) is 7.71. The number of aryl methyl sites for hydroxylation is 1. The van der Waals surface area contributed by atoms with Crippen molar-refractivity contribution < 1.29 is 19.7 Å². The summed E-state index contributed by atoms with van der Waals surface area (Å²) in [7, 11) is 0. The normalized spacial score (nSPS) is 26.6. The maximum Gasteiger partial charge on any atom is 0.164 e. The van der Waals surface area contributed by atoms with Crippen molar-refractivity contribution in [2.24, 2.45) is 4.99 Å². The first-order chi connectivity index (χ1) is 15.2. The van der Waals surface area contributed by atoms with Gasteiger partial charge in [-0.25, -0.2) is 9.97 Å². The minimum Gasteiger partial charge on any atom is -0.480 e. The van der Waals surface area contributed by atoms with Gasteiger partial charge in [-0.3, -0.25) is 4.99 Å². The minimum absolute atomic E-state index is 0.357. The van der Waals surface area contributed by atoms with E-state index in [1.54, 1.807) is 16.8 Å². The molecule has 1 saturated heterocycles. The van der Waals surface area contributed by atoms with Crippen LogP contribution in [0.5, 0.6) is 5.75 Å². The Morgan fingerprint density at radius 2 is 1.97 bits per heavy atom. The number of nitrogens with two attached hydrogens (primary N) is 1. The fraction of sp³-hybridized carbons (Fsp3) is 0.435. The maximum absolute atomic E-state index is 10.7. The fourth-order valence-electron chi connectivity index (χ4n) is 4.26. The van der Waals surface area contributed by atoms with E-state index in [0.29, 0.717) is 29.7 Å². The van der Waals surface area contributed by atoms with E-state index in [4.69, 9.17) is 20.2 Å². The maximum atomic E-state index is 10.7. The molecule has 32 heavy (non-hydrogen) atoms. The summed E-state index contributed by atoms with van der Waals surface area (Å²) >= 11 is 0. The summed E-state index contributed by atoms with van der Waals surface area (Å²) in [5.74, 6) is 1.12. The third-order valence-corrected chi connectivity index (χ3v) is 6.42. The summed E-state index contributed by atoms with van der Waals surface area (Å²) in [6.45, 7) is 5.96. The highest BCUT2D eigenvalue weighted by Gasteiger charge is 2.43. The van der Waals surface area contributed by atoms with Gasteiger partial charge in [-0.05, 0) is 57.4 Å². The number of hydrogen-bond acceptors (Lipinski definition) is 8. The first-order valence-electron chi connectivity index (χ1n) is 10.7. The van der Waals surface area contributed by atoms with Crippen molar-refractivity contribution in [1.82, 2.24) is 14.5 Å². The number of aliphatic hydroxyl groups excluding tert-OH is 2. The number of fused-ring (bicyclic) bond motifs is 2. The molecule has 0 aliphatic carbocycles. The van der Waals surface area contributed by atoms with Gasteiger partial charge in [0.25, 0.3) is 0 Å². The molecule has 9 heteroatoms. The van der Waals surface area contributed by atoms with Crippen LogP contribution in [-0.4, -0.2) is 54.4 Å². The van der Waals surface area contributed by atoms with Gasteiger partial charge in [0.05, 0.1) is 17.2 Å². The monoisotopic (exact) mass is 437 g/mol. The van der Waals surface area contributed by atoms with Crippen LogP contribution in [0, 0.1) is 0 Å². The molecular formula is C23H27N5O4. The molecule has 2 aliphatic rings. The zero-order valence-electron chi connectivity index (χ0n) is 18.3. The highest BCUT2D eigenvalue weighted by atomic mass is 16.6. The molecule has 2 aliphatic heterocycles. The van der Waals surface area contributed by atoms with Gasteiger partial charge in [0.1, 0.15) is 47.0 Å². The molecule has 5 rings (SSSR count). The first kappa shape index (κ1) is 20.9. The number of benzene rings is 1. The molecule has 0 amide bonds. The molecule has 0 saturated carbocycles. The average Bonchev–Trinajstić information content (AvgIpc) is 3.30. The number of rotatable bonds is 4. The molecule has 0 unspecified atom stereocenters. The predicted octanol–water partition coefficient (Wildman–Crippen LogP) is 2.53. The van der Waals surface area contributed by atoms with Crippen LogP contribution in [0.25, 0.3) is 11.0 Å². The van der Waals surface area contributed by atoms with Gasteiger partial charge in [-0.15, -0.1) is 0 Å². The van der Waals surface area contributed by atoms with E-state index in [9.17, 15) is 10.2 Å². The van der Waals surface area contributed by atoms with Gasteiger partial charge in [0, 0.05) is 6.20 Å². The molecule has 4 atom stereocenters. The summed E-state index contributed by atoms with van der Waals surface area (Å²) in [5, 5.41) is 22.0. The SMILES string of the molecule is CC1=Nc2cc(CC[C@H]3O[C@@H](n4ccc5c(N)ncnc54)[C@H](O)[C@@H]3O)ccc2OC1(C)C. The third-order valence-electron chi connectivity index (χ3n) is 6.42. The zero-order valence-corrected chi connectivity index (χ0v) is 18.3. The summed E-state index contributed by atoms with van der Waals surface area (Å²) in [6.07, 6.45) is 0.930. The molecule has 0 radical (unpaired) electrons. The lowest BCUT2D eigenvalue weighted by atomic mass is 9.99. The van der Waals surface area contributed by atoms with Crippen LogP contribution in [0.4, 0.5) is 11.5 Å². The highest BCUT2D eigenvalue weighted by Crippen LogP contribution is 2.38. The number of ether oxygens (including phenoxy) is 2. The number of nitrogen functional groups attached to an aromatic ring is 1. The number of aliphatic hydroxyl groups is 2. The lowest BCUT2D eigenvalue weighted by molar-refractivity contribution is -0.0364. The Morgan fingerprint density at radius 1 is 1.16 bits per heavy atom. The standard InChI is InChI=1S/C23H27N5O4/c1-12-23(2,3)32-16-6-4-13(10-15(16)27-12)5-7-17-18(29)19(30)22(31-17)28-9-8-14-20(24)25-11-26-21(14)28/h4,6,8-11,17-19,22,29-30H,5,7H2,1-3H3,(H2,24,25,26)/t17-,18-,19-,22-/m1/s1. The van der Waals surface area contributed by atoms with E-state index in [2.05, 4.69) is 9.97 Å². The van der Waals surface area contributed by atoms with Crippen molar-refractivity contribution in [2.75, 3.05) is 5.73 Å². The Morgan fingerprint density at radius 3 is 2.78 bits per heavy atom. The molecule has 4 heterocycles. The number of hydrogen-bond donors (Lipinski definition) is 3. The predicted molar refractivity (Wildman–Crippen MR) is 120 cm³/mol. The minimum atomic E-state index is -1.08. The Labute approximate surface area is 185 Å². The second-order valence-corrected chi connectivity index (χ2v) is 8.92. The van der Waals surface area contributed by atoms with Crippen molar-refractivity contribution >= 4 is 28.3 Å². The molecule has 9 nitrogen and oxygen atoms in total. The van der Waals surface area contributed by atoms with E-state index < -0.39 is 30.1 Å². The number of aliphatic imine (C=N–C) groups is 1. The Kier molecular flexibility index (Phi) is 4.92.